The van der Waals surface area contributed by atoms with Gasteiger partial charge in [-0.1, -0.05) is 161 Å². The molecular formula is C32H67NO3. The van der Waals surface area contributed by atoms with E-state index in [-0.39, 0.29) is 6.61 Å². The third-order valence-electron chi connectivity index (χ3n) is 7.04. The molecule has 0 aliphatic carbocycles. The molecule has 4 heteroatoms. The molecule has 0 rings (SSSR count). The van der Waals surface area contributed by atoms with E-state index in [1.54, 1.807) is 0 Å². The average Bonchev–Trinajstić information content (AvgIpc) is 2.84. The van der Waals surface area contributed by atoms with Crippen LogP contribution in [0.25, 0.3) is 0 Å². The summed E-state index contributed by atoms with van der Waals surface area (Å²) >= 11 is 0. The maximum absolute atomic E-state index is 10.4. The van der Waals surface area contributed by atoms with Crippen LogP contribution in [0.1, 0.15) is 174 Å². The van der Waals surface area contributed by atoms with Gasteiger partial charge in [0.1, 0.15) is 0 Å². The van der Waals surface area contributed by atoms with E-state index in [0.717, 1.165) is 19.4 Å². The number of carboxylic acid groups (broad SMARTS) is 1. The molecule has 0 amide bonds. The molecule has 0 heterocycles. The van der Waals surface area contributed by atoms with Gasteiger partial charge in [-0.05, 0) is 20.5 Å². The highest BCUT2D eigenvalue weighted by atomic mass is 16.4. The maximum atomic E-state index is 10.4. The molecule has 0 bridgehead atoms. The highest BCUT2D eigenvalue weighted by Crippen LogP contribution is 2.15. The Bertz CT molecular complexity index is 401. The smallest absolute Gasteiger partial charge is 0.303 e. The Hall–Kier alpha value is -0.610. The van der Waals surface area contributed by atoms with Gasteiger partial charge < -0.3 is 15.1 Å². The number of carbonyl (C=O) groups is 1. The number of aliphatic carboxylic acids is 1. The molecular weight excluding hydrogens is 446 g/mol. The summed E-state index contributed by atoms with van der Waals surface area (Å²) in [6, 6.07) is 0. The SMILES string of the molecule is CCCCCCCCCCCCCCCCCCCCCCCCCCCC(=O)O.CN(C)CCO. The molecule has 0 saturated carbocycles. The summed E-state index contributed by atoms with van der Waals surface area (Å²) in [4.78, 5) is 12.4. The largest absolute Gasteiger partial charge is 0.481 e. The van der Waals surface area contributed by atoms with Crippen LogP contribution in [0.4, 0.5) is 0 Å². The first-order valence-electron chi connectivity index (χ1n) is 16.0. The first kappa shape index (κ1) is 37.5. The molecule has 0 unspecified atom stereocenters. The van der Waals surface area contributed by atoms with Crippen LogP contribution < -0.4 is 0 Å². The van der Waals surface area contributed by atoms with Crippen molar-refractivity contribution in [2.24, 2.45) is 0 Å². The van der Waals surface area contributed by atoms with Crippen LogP contribution in [0.2, 0.25) is 0 Å². The van der Waals surface area contributed by atoms with Gasteiger partial charge >= 0.3 is 5.97 Å². The monoisotopic (exact) mass is 514 g/mol. The van der Waals surface area contributed by atoms with Gasteiger partial charge in [0.2, 0.25) is 0 Å². The van der Waals surface area contributed by atoms with Crippen LogP contribution in [0.3, 0.4) is 0 Å². The molecule has 0 fully saturated rings. The van der Waals surface area contributed by atoms with Gasteiger partial charge in [-0.25, -0.2) is 0 Å². The molecule has 0 aliphatic heterocycles. The van der Waals surface area contributed by atoms with Crippen molar-refractivity contribution in [2.45, 2.75) is 174 Å². The molecule has 2 N–H and O–H groups in total. The van der Waals surface area contributed by atoms with Gasteiger partial charge in [0.25, 0.3) is 0 Å². The third-order valence-corrected chi connectivity index (χ3v) is 7.04. The third kappa shape index (κ3) is 40.6. The molecule has 218 valence electrons. The van der Waals surface area contributed by atoms with Crippen molar-refractivity contribution >= 4 is 5.97 Å². The van der Waals surface area contributed by atoms with Crippen molar-refractivity contribution in [1.82, 2.24) is 4.90 Å². The summed E-state index contributed by atoms with van der Waals surface area (Å²) < 4.78 is 0. The number of aliphatic hydroxyl groups is 1. The molecule has 0 aromatic rings. The number of hydrogen-bond donors (Lipinski definition) is 2. The lowest BCUT2D eigenvalue weighted by Crippen LogP contribution is -2.15. The van der Waals surface area contributed by atoms with E-state index >= 15 is 0 Å². The van der Waals surface area contributed by atoms with Crippen molar-refractivity contribution < 1.29 is 15.0 Å². The zero-order valence-electron chi connectivity index (χ0n) is 25.0. The summed E-state index contributed by atoms with van der Waals surface area (Å²) in [5.74, 6) is -0.649. The lowest BCUT2D eigenvalue weighted by Gasteiger charge is -2.04. The number of carboxylic acids is 1. The fourth-order valence-corrected chi connectivity index (χ4v) is 4.62. The van der Waals surface area contributed by atoms with Gasteiger partial charge in [-0.3, -0.25) is 4.79 Å². The number of unbranched alkanes of at least 4 members (excludes halogenated alkanes) is 24. The van der Waals surface area contributed by atoms with Crippen molar-refractivity contribution in [3.8, 4) is 0 Å². The zero-order valence-corrected chi connectivity index (χ0v) is 25.0. The van der Waals surface area contributed by atoms with Gasteiger partial charge in [-0.15, -0.1) is 0 Å². The Kier molecular flexibility index (Phi) is 35.9. The first-order valence-corrected chi connectivity index (χ1v) is 16.0. The normalized spacial score (nSPS) is 11.0. The Morgan fingerprint density at radius 3 is 0.917 bits per heavy atom. The van der Waals surface area contributed by atoms with E-state index in [1.807, 2.05) is 19.0 Å². The zero-order chi connectivity index (χ0) is 27.0. The number of hydrogen-bond acceptors (Lipinski definition) is 3. The minimum absolute atomic E-state index is 0.257. The topological polar surface area (TPSA) is 60.8 Å². The second kappa shape index (κ2) is 34.4. The molecule has 0 atom stereocenters. The molecule has 0 aromatic carbocycles. The lowest BCUT2D eigenvalue weighted by molar-refractivity contribution is -0.137. The van der Waals surface area contributed by atoms with E-state index < -0.39 is 5.97 Å². The summed E-state index contributed by atoms with van der Waals surface area (Å²) in [5.41, 5.74) is 0. The summed E-state index contributed by atoms with van der Waals surface area (Å²) in [6.45, 7) is 3.31. The second-order valence-electron chi connectivity index (χ2n) is 11.2. The molecule has 0 spiro atoms. The second-order valence-corrected chi connectivity index (χ2v) is 11.2. The average molecular weight is 514 g/mol. The van der Waals surface area contributed by atoms with Crippen LogP contribution in [-0.4, -0.2) is 48.3 Å². The summed E-state index contributed by atoms with van der Waals surface area (Å²) in [6.07, 6.45) is 35.0. The molecule has 0 radical (unpaired) electrons. The van der Waals surface area contributed by atoms with Gasteiger partial charge in [0, 0.05) is 13.0 Å². The molecule has 36 heavy (non-hydrogen) atoms. The Morgan fingerprint density at radius 1 is 0.500 bits per heavy atom. The predicted molar refractivity (Wildman–Crippen MR) is 159 cm³/mol. The van der Waals surface area contributed by atoms with Gasteiger partial charge in [0.05, 0.1) is 6.61 Å². The Balaban J connectivity index is 0. The molecule has 4 nitrogen and oxygen atoms in total. The molecule has 0 saturated heterocycles. The van der Waals surface area contributed by atoms with E-state index in [2.05, 4.69) is 6.92 Å². The van der Waals surface area contributed by atoms with Crippen molar-refractivity contribution in [2.75, 3.05) is 27.2 Å². The molecule has 0 aromatic heterocycles. The summed E-state index contributed by atoms with van der Waals surface area (Å²) in [7, 11) is 3.85. The van der Waals surface area contributed by atoms with E-state index in [0.29, 0.717) is 6.42 Å². The van der Waals surface area contributed by atoms with Gasteiger partial charge in [-0.2, -0.15) is 0 Å². The van der Waals surface area contributed by atoms with Crippen LogP contribution in [0, 0.1) is 0 Å². The summed E-state index contributed by atoms with van der Waals surface area (Å²) in [5, 5.41) is 16.8. The van der Waals surface area contributed by atoms with Crippen LogP contribution in [-0.2, 0) is 4.79 Å². The van der Waals surface area contributed by atoms with E-state index in [4.69, 9.17) is 10.2 Å². The maximum Gasteiger partial charge on any atom is 0.303 e. The fourth-order valence-electron chi connectivity index (χ4n) is 4.62. The van der Waals surface area contributed by atoms with Crippen LogP contribution in [0.15, 0.2) is 0 Å². The van der Waals surface area contributed by atoms with Crippen LogP contribution >= 0.6 is 0 Å². The standard InChI is InChI=1S/C28H56O2.C4H11NO/c1-2-3-4-5-6-7-8-9-10-11-12-13-14-15-16-17-18-19-20-21-22-23-24-25-26-27-28(29)30;1-5(2)3-4-6/h2-27H2,1H3,(H,29,30);6H,3-4H2,1-2H3. The first-order chi connectivity index (χ1) is 17.5. The predicted octanol–water partition coefficient (Wildman–Crippen LogP) is 9.77. The quantitative estimate of drug-likeness (QED) is 0.102. The van der Waals surface area contributed by atoms with Gasteiger partial charge in [0.15, 0.2) is 0 Å². The lowest BCUT2D eigenvalue weighted by atomic mass is 10.0. The highest BCUT2D eigenvalue weighted by molar-refractivity contribution is 5.66. The van der Waals surface area contributed by atoms with Crippen molar-refractivity contribution in [1.29, 1.82) is 0 Å². The number of rotatable bonds is 28. The number of aliphatic hydroxyl groups excluding tert-OH is 1. The van der Waals surface area contributed by atoms with Crippen molar-refractivity contribution in [3.63, 3.8) is 0 Å². The fraction of sp³-hybridized carbons (Fsp3) is 0.969. The minimum Gasteiger partial charge on any atom is -0.481 e. The van der Waals surface area contributed by atoms with E-state index in [1.165, 1.54) is 148 Å². The van der Waals surface area contributed by atoms with E-state index in [9.17, 15) is 4.79 Å². The van der Waals surface area contributed by atoms with Crippen molar-refractivity contribution in [3.05, 3.63) is 0 Å². The van der Waals surface area contributed by atoms with Crippen LogP contribution in [0.5, 0.6) is 0 Å². The number of nitrogens with zero attached hydrogens (tertiary/aromatic N) is 1. The Labute approximate surface area is 227 Å². The highest BCUT2D eigenvalue weighted by Gasteiger charge is 1.98. The molecule has 0 aliphatic rings. The number of likely N-dealkylation sites (N-methyl/N-ethyl adjacent to an activating group) is 1. The minimum atomic E-state index is -0.649. The Morgan fingerprint density at radius 2 is 0.750 bits per heavy atom.